The van der Waals surface area contributed by atoms with Gasteiger partial charge in [0.1, 0.15) is 0 Å². The molecule has 0 bridgehead atoms. The lowest BCUT2D eigenvalue weighted by molar-refractivity contribution is -0.137. The summed E-state index contributed by atoms with van der Waals surface area (Å²) in [6, 6.07) is 0. The topological polar surface area (TPSA) is 98.0 Å². The van der Waals surface area contributed by atoms with E-state index in [2.05, 4.69) is 20.8 Å². The Hall–Kier alpha value is -1.33. The van der Waals surface area contributed by atoms with Gasteiger partial charge >= 0.3 is 5.97 Å². The summed E-state index contributed by atoms with van der Waals surface area (Å²) in [5.74, 6) is 0.511. The minimum Gasteiger partial charge on any atom is -0.513 e. The number of carbonyl (C=O) groups is 1. The first kappa shape index (κ1) is 20.9. The number of allylic oxidation sites excluding steroid dienone is 2. The van der Waals surface area contributed by atoms with Crippen LogP contribution in [0, 0.1) is 40.4 Å². The third-order valence-electron chi connectivity index (χ3n) is 9.34. The van der Waals surface area contributed by atoms with Crippen molar-refractivity contribution in [2.24, 2.45) is 40.4 Å². The van der Waals surface area contributed by atoms with E-state index in [1.54, 1.807) is 0 Å². The van der Waals surface area contributed by atoms with Crippen LogP contribution in [0.1, 0.15) is 65.7 Å². The van der Waals surface area contributed by atoms with Crippen molar-refractivity contribution in [2.75, 3.05) is 0 Å². The number of aliphatic carboxylic acids is 1. The van der Waals surface area contributed by atoms with Crippen LogP contribution in [0.4, 0.5) is 0 Å². The van der Waals surface area contributed by atoms with Gasteiger partial charge < -0.3 is 20.4 Å². The van der Waals surface area contributed by atoms with E-state index in [9.17, 15) is 20.1 Å². The second kappa shape index (κ2) is 7.12. The molecule has 29 heavy (non-hydrogen) atoms. The van der Waals surface area contributed by atoms with E-state index in [1.165, 1.54) is 5.57 Å². The third-order valence-corrected chi connectivity index (χ3v) is 9.34. The summed E-state index contributed by atoms with van der Waals surface area (Å²) in [4.78, 5) is 11.1. The molecule has 4 aliphatic rings. The first-order valence-corrected chi connectivity index (χ1v) is 11.3. The molecule has 0 aromatic rings. The highest BCUT2D eigenvalue weighted by molar-refractivity contribution is 5.66. The van der Waals surface area contributed by atoms with Crippen LogP contribution in [0.15, 0.2) is 23.5 Å². The first-order valence-electron chi connectivity index (χ1n) is 11.3. The smallest absolute Gasteiger partial charge is 0.303 e. The molecule has 0 spiro atoms. The molecule has 4 rings (SSSR count). The number of rotatable bonds is 4. The second-order valence-electron chi connectivity index (χ2n) is 10.6. The molecule has 5 nitrogen and oxygen atoms in total. The molecule has 5 heteroatoms. The van der Waals surface area contributed by atoms with E-state index in [1.807, 2.05) is 12.2 Å². The van der Waals surface area contributed by atoms with Crippen LogP contribution in [0.5, 0.6) is 0 Å². The standard InChI is InChI=1S/C24H36O5/c1-13(4-7-21(28)29)16-5-6-17-22-18(12-20(27)24(16,17)3)23(2)9-8-15(25)10-14(23)11-19(22)26/h10,12-14,16-17,19-20,22,25-27H,4-9,11H2,1-3H3,(H,28,29)/t13-,14+,16-,17+,19-,20+,22+,23+,24-/m1/s1. The highest BCUT2D eigenvalue weighted by atomic mass is 16.4. The van der Waals surface area contributed by atoms with Crippen LogP contribution in [-0.2, 0) is 4.79 Å². The Kier molecular flexibility index (Phi) is 5.14. The van der Waals surface area contributed by atoms with E-state index in [0.29, 0.717) is 25.0 Å². The van der Waals surface area contributed by atoms with E-state index in [0.717, 1.165) is 19.3 Å². The lowest BCUT2D eigenvalue weighted by Crippen LogP contribution is -2.56. The van der Waals surface area contributed by atoms with Crippen molar-refractivity contribution in [1.82, 2.24) is 0 Å². The lowest BCUT2D eigenvalue weighted by Gasteiger charge is -2.58. The van der Waals surface area contributed by atoms with E-state index in [-0.39, 0.29) is 46.8 Å². The summed E-state index contributed by atoms with van der Waals surface area (Å²) in [5, 5.41) is 41.7. The summed E-state index contributed by atoms with van der Waals surface area (Å²) in [6.45, 7) is 6.53. The van der Waals surface area contributed by atoms with Gasteiger partial charge in [0.05, 0.1) is 18.0 Å². The van der Waals surface area contributed by atoms with Crippen LogP contribution in [0.25, 0.3) is 0 Å². The zero-order chi connectivity index (χ0) is 21.1. The maximum atomic E-state index is 11.4. The Balaban J connectivity index is 1.69. The monoisotopic (exact) mass is 404 g/mol. The number of hydrogen-bond acceptors (Lipinski definition) is 4. The molecule has 0 aromatic carbocycles. The Morgan fingerprint density at radius 1 is 1.24 bits per heavy atom. The molecule has 0 unspecified atom stereocenters. The molecule has 0 aliphatic heterocycles. The van der Waals surface area contributed by atoms with Gasteiger partial charge in [-0.05, 0) is 67.3 Å². The molecule has 9 atom stereocenters. The number of aliphatic hydroxyl groups is 3. The molecule has 0 saturated heterocycles. The summed E-state index contributed by atoms with van der Waals surface area (Å²) in [6.07, 6.45) is 7.81. The molecule has 0 heterocycles. The fourth-order valence-electron chi connectivity index (χ4n) is 7.60. The summed E-state index contributed by atoms with van der Waals surface area (Å²) < 4.78 is 0. The van der Waals surface area contributed by atoms with Crippen molar-refractivity contribution in [3.8, 4) is 0 Å². The molecule has 162 valence electrons. The SMILES string of the molecule is C[C@H](CCC(=O)O)[C@H]1CC[C@H]2[C@H]3C(=C[C@H](O)[C@]12C)[C@@]1(C)CCC(O)=C[C@H]1C[C@H]3O. The van der Waals surface area contributed by atoms with Gasteiger partial charge in [-0.25, -0.2) is 0 Å². The molecule has 0 aromatic heterocycles. The van der Waals surface area contributed by atoms with Gasteiger partial charge in [0.2, 0.25) is 0 Å². The van der Waals surface area contributed by atoms with Crippen LogP contribution in [-0.4, -0.2) is 38.6 Å². The zero-order valence-corrected chi connectivity index (χ0v) is 17.8. The average molecular weight is 405 g/mol. The van der Waals surface area contributed by atoms with Gasteiger partial charge in [0, 0.05) is 24.2 Å². The number of fused-ring (bicyclic) bond motifs is 5. The van der Waals surface area contributed by atoms with Gasteiger partial charge in [-0.3, -0.25) is 4.79 Å². The third kappa shape index (κ3) is 3.07. The molecule has 2 saturated carbocycles. The first-order chi connectivity index (χ1) is 13.6. The zero-order valence-electron chi connectivity index (χ0n) is 17.8. The molecule has 4 aliphatic carbocycles. The normalized spacial score (nSPS) is 47.3. The van der Waals surface area contributed by atoms with Crippen molar-refractivity contribution < 1.29 is 25.2 Å². The summed E-state index contributed by atoms with van der Waals surface area (Å²) >= 11 is 0. The minimum atomic E-state index is -0.766. The maximum absolute atomic E-state index is 11.4. The van der Waals surface area contributed by atoms with E-state index < -0.39 is 18.2 Å². The highest BCUT2D eigenvalue weighted by Gasteiger charge is 2.62. The number of carboxylic acids is 1. The minimum absolute atomic E-state index is 0.0509. The fraction of sp³-hybridized carbons (Fsp3) is 0.792. The average Bonchev–Trinajstić information content (AvgIpc) is 3.01. The van der Waals surface area contributed by atoms with Crippen LogP contribution < -0.4 is 0 Å². The van der Waals surface area contributed by atoms with E-state index in [4.69, 9.17) is 5.11 Å². The van der Waals surface area contributed by atoms with Crippen molar-refractivity contribution in [2.45, 2.75) is 77.9 Å². The van der Waals surface area contributed by atoms with Crippen molar-refractivity contribution in [3.63, 3.8) is 0 Å². The predicted molar refractivity (Wildman–Crippen MR) is 110 cm³/mol. The molecule has 0 amide bonds. The van der Waals surface area contributed by atoms with Crippen molar-refractivity contribution >= 4 is 5.97 Å². The van der Waals surface area contributed by atoms with E-state index >= 15 is 0 Å². The largest absolute Gasteiger partial charge is 0.513 e. The molecule has 0 radical (unpaired) electrons. The van der Waals surface area contributed by atoms with Gasteiger partial charge in [0.15, 0.2) is 0 Å². The molecule has 4 N–H and O–H groups in total. The molecule has 2 fully saturated rings. The van der Waals surface area contributed by atoms with Gasteiger partial charge in [-0.2, -0.15) is 0 Å². The van der Waals surface area contributed by atoms with Crippen molar-refractivity contribution in [1.29, 1.82) is 0 Å². The molecular weight excluding hydrogens is 368 g/mol. The number of carboxylic acid groups (broad SMARTS) is 1. The summed E-state index contributed by atoms with van der Waals surface area (Å²) in [7, 11) is 0. The van der Waals surface area contributed by atoms with Gasteiger partial charge in [-0.1, -0.05) is 32.4 Å². The van der Waals surface area contributed by atoms with Gasteiger partial charge in [-0.15, -0.1) is 0 Å². The number of aliphatic hydroxyl groups excluding tert-OH is 3. The Morgan fingerprint density at radius 2 is 1.97 bits per heavy atom. The predicted octanol–water partition coefficient (Wildman–Crippen LogP) is 4.06. The Morgan fingerprint density at radius 3 is 2.66 bits per heavy atom. The van der Waals surface area contributed by atoms with Gasteiger partial charge in [0.25, 0.3) is 0 Å². The van der Waals surface area contributed by atoms with Crippen LogP contribution >= 0.6 is 0 Å². The fourth-order valence-corrected chi connectivity index (χ4v) is 7.60. The van der Waals surface area contributed by atoms with Crippen LogP contribution in [0.3, 0.4) is 0 Å². The maximum Gasteiger partial charge on any atom is 0.303 e. The number of hydrogen-bond donors (Lipinski definition) is 4. The second-order valence-corrected chi connectivity index (χ2v) is 10.6. The molecular formula is C24H36O5. The highest BCUT2D eigenvalue weighted by Crippen LogP contribution is 2.66. The summed E-state index contributed by atoms with van der Waals surface area (Å²) in [5.41, 5.74) is 0.743. The van der Waals surface area contributed by atoms with Crippen LogP contribution in [0.2, 0.25) is 0 Å². The lowest BCUT2D eigenvalue weighted by atomic mass is 9.48. The quantitative estimate of drug-likeness (QED) is 0.530. The van der Waals surface area contributed by atoms with Crippen molar-refractivity contribution in [3.05, 3.63) is 23.5 Å². The Labute approximate surface area is 173 Å². The Bertz CT molecular complexity index is 742.